The fraction of sp³-hybridized carbons (Fsp3) is 0.750. The average Bonchev–Trinajstić information content (AvgIpc) is 2.33. The minimum atomic E-state index is -0.325. The van der Waals surface area contributed by atoms with Crippen LogP contribution in [0.5, 0.6) is 0 Å². The smallest absolute Gasteiger partial charge is 0.0893 e. The monoisotopic (exact) mass is 284 g/mol. The lowest BCUT2D eigenvalue weighted by Gasteiger charge is -2.71. The minimum Gasteiger partial charge on any atom is -0.112 e. The molecule has 0 bridgehead atoms. The van der Waals surface area contributed by atoms with Gasteiger partial charge in [-0.05, 0) is 62.5 Å². The van der Waals surface area contributed by atoms with E-state index in [4.69, 9.17) is 23.2 Å². The maximum Gasteiger partial charge on any atom is 0.0893 e. The van der Waals surface area contributed by atoms with Crippen molar-refractivity contribution in [3.05, 3.63) is 22.3 Å². The van der Waals surface area contributed by atoms with Crippen molar-refractivity contribution in [1.82, 2.24) is 0 Å². The van der Waals surface area contributed by atoms with Crippen molar-refractivity contribution >= 4 is 23.2 Å². The molecule has 100 valence electrons. The number of hydrogen-bond acceptors (Lipinski definition) is 0. The summed E-state index contributed by atoms with van der Waals surface area (Å²) in [7, 11) is 0. The maximum absolute atomic E-state index is 6.94. The lowest BCUT2D eigenvalue weighted by atomic mass is 9.37. The minimum absolute atomic E-state index is 0.221. The van der Waals surface area contributed by atoms with Gasteiger partial charge in [-0.2, -0.15) is 0 Å². The Balaban J connectivity index is 2.16. The topological polar surface area (TPSA) is 0 Å². The predicted octanol–water partition coefficient (Wildman–Crippen LogP) is 5.45. The molecule has 0 radical (unpaired) electrons. The van der Waals surface area contributed by atoms with E-state index in [2.05, 4.69) is 41.5 Å². The van der Waals surface area contributed by atoms with Crippen LogP contribution in [-0.4, -0.2) is 9.75 Å². The molecule has 18 heavy (non-hydrogen) atoms. The highest BCUT2D eigenvalue weighted by Crippen LogP contribution is 2.77. The summed E-state index contributed by atoms with van der Waals surface area (Å²) in [6.07, 6.45) is 1.96. The summed E-state index contributed by atoms with van der Waals surface area (Å²) >= 11 is 13.9. The largest absolute Gasteiger partial charge is 0.112 e. The number of allylic oxidation sites excluding steroid dienone is 4. The number of halogens is 2. The molecule has 3 aliphatic carbocycles. The summed E-state index contributed by atoms with van der Waals surface area (Å²) in [6.45, 7) is 13.6. The van der Waals surface area contributed by atoms with E-state index in [9.17, 15) is 0 Å². The second kappa shape index (κ2) is 3.04. The molecule has 4 atom stereocenters. The van der Waals surface area contributed by atoms with E-state index in [1.54, 1.807) is 0 Å². The highest BCUT2D eigenvalue weighted by molar-refractivity contribution is 6.40. The maximum atomic E-state index is 6.94. The van der Waals surface area contributed by atoms with E-state index in [-0.39, 0.29) is 20.6 Å². The quantitative estimate of drug-likeness (QED) is 0.410. The van der Waals surface area contributed by atoms with Gasteiger partial charge in [-0.3, -0.25) is 0 Å². The van der Waals surface area contributed by atoms with Gasteiger partial charge >= 0.3 is 0 Å². The van der Waals surface area contributed by atoms with Crippen LogP contribution >= 0.6 is 23.2 Å². The fourth-order valence-electron chi connectivity index (χ4n) is 4.89. The third kappa shape index (κ3) is 0.946. The van der Waals surface area contributed by atoms with Gasteiger partial charge in [-0.1, -0.05) is 25.0 Å². The number of hydrogen-bond donors (Lipinski definition) is 0. The molecule has 0 N–H and O–H groups in total. The molecule has 1 saturated carbocycles. The van der Waals surface area contributed by atoms with Gasteiger partial charge in [0, 0.05) is 0 Å². The molecule has 1 fully saturated rings. The summed E-state index contributed by atoms with van der Waals surface area (Å²) in [5.74, 6) is 0. The zero-order valence-corrected chi connectivity index (χ0v) is 13.7. The summed E-state index contributed by atoms with van der Waals surface area (Å²) < 4.78 is 0. The Morgan fingerprint density at radius 2 is 0.944 bits per heavy atom. The first-order valence-electron chi connectivity index (χ1n) is 6.79. The number of fused-ring (bicyclic) bond motifs is 2. The lowest BCUT2D eigenvalue weighted by Crippen LogP contribution is -2.69. The van der Waals surface area contributed by atoms with Crippen LogP contribution < -0.4 is 0 Å². The predicted molar refractivity (Wildman–Crippen MR) is 79.4 cm³/mol. The highest BCUT2D eigenvalue weighted by atomic mass is 35.5. The van der Waals surface area contributed by atoms with E-state index in [0.29, 0.717) is 0 Å². The van der Waals surface area contributed by atoms with Gasteiger partial charge in [0.25, 0.3) is 0 Å². The van der Waals surface area contributed by atoms with Crippen LogP contribution in [0, 0.1) is 10.8 Å². The van der Waals surface area contributed by atoms with Gasteiger partial charge in [-0.25, -0.2) is 0 Å². The molecule has 0 spiro atoms. The van der Waals surface area contributed by atoms with E-state index in [1.165, 1.54) is 22.3 Å². The molecule has 0 nitrogen and oxygen atoms in total. The van der Waals surface area contributed by atoms with Crippen LogP contribution in [-0.2, 0) is 0 Å². The zero-order chi connectivity index (χ0) is 13.7. The van der Waals surface area contributed by atoms with Crippen LogP contribution in [0.2, 0.25) is 0 Å². The average molecular weight is 285 g/mol. The van der Waals surface area contributed by atoms with Gasteiger partial charge in [0.1, 0.15) is 0 Å². The molecule has 0 aromatic rings. The first-order valence-corrected chi connectivity index (χ1v) is 7.55. The Kier molecular flexibility index (Phi) is 2.20. The van der Waals surface area contributed by atoms with Gasteiger partial charge in [0.2, 0.25) is 0 Å². The van der Waals surface area contributed by atoms with Crippen molar-refractivity contribution in [2.75, 3.05) is 0 Å². The summed E-state index contributed by atoms with van der Waals surface area (Å²) in [6, 6.07) is 0. The molecule has 3 aliphatic rings. The first kappa shape index (κ1) is 13.1. The van der Waals surface area contributed by atoms with E-state index < -0.39 is 0 Å². The normalized spacial score (nSPS) is 54.7. The van der Waals surface area contributed by atoms with Crippen molar-refractivity contribution in [2.24, 2.45) is 10.8 Å². The highest BCUT2D eigenvalue weighted by Gasteiger charge is 2.73. The molecular formula is C16H22Cl2. The van der Waals surface area contributed by atoms with E-state index >= 15 is 0 Å². The lowest BCUT2D eigenvalue weighted by molar-refractivity contribution is 0.00364. The van der Waals surface area contributed by atoms with Gasteiger partial charge in [0.05, 0.1) is 9.75 Å². The molecule has 0 heterocycles. The van der Waals surface area contributed by atoms with Crippen LogP contribution in [0.3, 0.4) is 0 Å². The SMILES string of the molecule is CC1=C(C)C2(C)CC3(Cl)C(C)=C(C)C3(Cl)CC12C. The third-order valence-electron chi connectivity index (χ3n) is 7.01. The first-order chi connectivity index (χ1) is 8.04. The Bertz CT molecular complexity index is 437. The molecule has 0 aromatic heterocycles. The second-order valence-electron chi connectivity index (χ2n) is 7.12. The van der Waals surface area contributed by atoms with Crippen LogP contribution in [0.15, 0.2) is 22.3 Å². The fourth-order valence-corrected chi connectivity index (χ4v) is 6.13. The van der Waals surface area contributed by atoms with Crippen molar-refractivity contribution < 1.29 is 0 Å². The second-order valence-corrected chi connectivity index (χ2v) is 8.41. The number of rotatable bonds is 0. The molecule has 0 saturated heterocycles. The van der Waals surface area contributed by atoms with Crippen LogP contribution in [0.4, 0.5) is 0 Å². The number of alkyl halides is 2. The van der Waals surface area contributed by atoms with Crippen LogP contribution in [0.25, 0.3) is 0 Å². The summed E-state index contributed by atoms with van der Waals surface area (Å²) in [4.78, 5) is -0.649. The van der Waals surface area contributed by atoms with E-state index in [1.807, 2.05) is 0 Å². The van der Waals surface area contributed by atoms with Crippen molar-refractivity contribution in [2.45, 2.75) is 64.1 Å². The Morgan fingerprint density at radius 3 is 1.22 bits per heavy atom. The van der Waals surface area contributed by atoms with Crippen molar-refractivity contribution in [3.8, 4) is 0 Å². The molecule has 3 rings (SSSR count). The Morgan fingerprint density at radius 1 is 0.667 bits per heavy atom. The standard InChI is InChI=1S/C16H22Cl2/c1-9-10(2)14(6)8-16(18)12(4)11(3)15(16,17)7-13(9,14)5/h7-8H2,1-6H3. The summed E-state index contributed by atoms with van der Waals surface area (Å²) in [5, 5.41) is 0. The molecule has 4 unspecified atom stereocenters. The van der Waals surface area contributed by atoms with Crippen molar-refractivity contribution in [3.63, 3.8) is 0 Å². The zero-order valence-electron chi connectivity index (χ0n) is 12.2. The van der Waals surface area contributed by atoms with E-state index in [0.717, 1.165) is 12.8 Å². The molecule has 0 aliphatic heterocycles. The van der Waals surface area contributed by atoms with Crippen LogP contribution in [0.1, 0.15) is 54.4 Å². The molecule has 2 heteroatoms. The Hall–Kier alpha value is 0.0600. The molecule has 0 amide bonds. The molecule has 0 aromatic carbocycles. The van der Waals surface area contributed by atoms with Gasteiger partial charge in [-0.15, -0.1) is 23.2 Å². The van der Waals surface area contributed by atoms with Crippen molar-refractivity contribution in [1.29, 1.82) is 0 Å². The summed E-state index contributed by atoms with van der Waals surface area (Å²) in [5.41, 5.74) is 6.11. The third-order valence-corrected chi connectivity index (χ3v) is 8.59. The molecular weight excluding hydrogens is 263 g/mol. The van der Waals surface area contributed by atoms with Gasteiger partial charge < -0.3 is 0 Å². The van der Waals surface area contributed by atoms with Gasteiger partial charge in [0.15, 0.2) is 0 Å². The Labute approximate surface area is 120 Å².